The molecule has 0 amide bonds. The molecule has 1 N–H and O–H groups in total. The fourth-order valence-electron chi connectivity index (χ4n) is 2.21. The second-order valence-corrected chi connectivity index (χ2v) is 5.51. The summed E-state index contributed by atoms with van der Waals surface area (Å²) in [4.78, 5) is 8.73. The largest absolute Gasteiger partial charge is 0.480 e. The van der Waals surface area contributed by atoms with Gasteiger partial charge in [0, 0.05) is 4.47 Å². The lowest BCUT2D eigenvalue weighted by molar-refractivity contribution is 0.353. The quantitative estimate of drug-likeness (QED) is 0.897. The predicted molar refractivity (Wildman–Crippen MR) is 84.9 cm³/mol. The first-order chi connectivity index (χ1) is 10.1. The van der Waals surface area contributed by atoms with E-state index in [9.17, 15) is 0 Å². The van der Waals surface area contributed by atoms with Crippen LogP contribution in [0.15, 0.2) is 28.9 Å². The number of nitrogens with zero attached hydrogens (tertiary/aromatic N) is 2. The highest BCUT2D eigenvalue weighted by atomic mass is 79.9. The van der Waals surface area contributed by atoms with Crippen LogP contribution in [0.2, 0.25) is 0 Å². The fourth-order valence-corrected chi connectivity index (χ4v) is 2.83. The Bertz CT molecular complexity index is 614. The van der Waals surface area contributed by atoms with Crippen LogP contribution in [0.25, 0.3) is 0 Å². The van der Waals surface area contributed by atoms with Crippen molar-refractivity contribution in [3.8, 4) is 11.8 Å². The Balaban J connectivity index is 2.50. The first-order valence-corrected chi connectivity index (χ1v) is 7.27. The van der Waals surface area contributed by atoms with Crippen molar-refractivity contribution in [3.63, 3.8) is 0 Å². The molecule has 1 aromatic heterocycles. The number of aryl methyl sites for hydroxylation is 1. The smallest absolute Gasteiger partial charge is 0.240 e. The number of nitrogens with one attached hydrogen (secondary N) is 1. The highest BCUT2D eigenvalue weighted by molar-refractivity contribution is 9.10. The van der Waals surface area contributed by atoms with Crippen molar-refractivity contribution in [3.05, 3.63) is 45.7 Å². The molecule has 1 heterocycles. The van der Waals surface area contributed by atoms with Gasteiger partial charge in [0.15, 0.2) is 0 Å². The van der Waals surface area contributed by atoms with Crippen molar-refractivity contribution >= 4 is 15.9 Å². The summed E-state index contributed by atoms with van der Waals surface area (Å²) in [5.74, 6) is 0.877. The molecule has 0 aliphatic carbocycles. The summed E-state index contributed by atoms with van der Waals surface area (Å²) < 4.78 is 11.5. The third-order valence-electron chi connectivity index (χ3n) is 3.11. The highest BCUT2D eigenvalue weighted by Crippen LogP contribution is 2.30. The van der Waals surface area contributed by atoms with E-state index in [1.165, 1.54) is 5.56 Å². The summed E-state index contributed by atoms with van der Waals surface area (Å²) in [6.45, 7) is 2.05. The van der Waals surface area contributed by atoms with E-state index in [4.69, 9.17) is 9.47 Å². The summed E-state index contributed by atoms with van der Waals surface area (Å²) in [7, 11) is 5.01. The third kappa shape index (κ3) is 3.51. The number of rotatable bonds is 5. The van der Waals surface area contributed by atoms with Crippen molar-refractivity contribution in [2.24, 2.45) is 0 Å². The van der Waals surface area contributed by atoms with Gasteiger partial charge >= 0.3 is 0 Å². The minimum Gasteiger partial charge on any atom is -0.480 e. The van der Waals surface area contributed by atoms with E-state index in [2.05, 4.69) is 56.3 Å². The van der Waals surface area contributed by atoms with Crippen LogP contribution >= 0.6 is 15.9 Å². The molecule has 1 atom stereocenters. The molecule has 0 bridgehead atoms. The number of hydrogen-bond acceptors (Lipinski definition) is 5. The Morgan fingerprint density at radius 2 is 1.95 bits per heavy atom. The molecule has 5 nitrogen and oxygen atoms in total. The van der Waals surface area contributed by atoms with Gasteiger partial charge in [-0.2, -0.15) is 4.98 Å². The van der Waals surface area contributed by atoms with Crippen LogP contribution in [0.1, 0.15) is 22.9 Å². The number of hydrogen-bond donors (Lipinski definition) is 1. The molecule has 2 aromatic rings. The van der Waals surface area contributed by atoms with Gasteiger partial charge in [0.05, 0.1) is 26.5 Å². The maximum Gasteiger partial charge on any atom is 0.240 e. The molecular formula is C15H18BrN3O2. The van der Waals surface area contributed by atoms with Gasteiger partial charge in [-0.1, -0.05) is 22.0 Å². The molecular weight excluding hydrogens is 334 g/mol. The number of aromatic nitrogens is 2. The number of benzene rings is 1. The van der Waals surface area contributed by atoms with Gasteiger partial charge < -0.3 is 14.8 Å². The third-order valence-corrected chi connectivity index (χ3v) is 3.57. The van der Waals surface area contributed by atoms with Crippen LogP contribution < -0.4 is 14.8 Å². The Hall–Kier alpha value is -1.66. The Morgan fingerprint density at radius 1 is 1.19 bits per heavy atom. The first-order valence-electron chi connectivity index (χ1n) is 6.48. The molecule has 0 saturated heterocycles. The standard InChI is InChI=1S/C15H18BrN3O2/c1-9-5-10(7-11(16)6-9)13(17-2)14-15(21-4)19-12(20-3)8-18-14/h5-8,13,17H,1-4H3. The van der Waals surface area contributed by atoms with E-state index in [-0.39, 0.29) is 6.04 Å². The molecule has 0 aliphatic rings. The first kappa shape index (κ1) is 15.7. The second-order valence-electron chi connectivity index (χ2n) is 4.59. The molecule has 0 spiro atoms. The average Bonchev–Trinajstić information content (AvgIpc) is 2.47. The molecule has 1 aromatic carbocycles. The molecule has 112 valence electrons. The zero-order valence-corrected chi connectivity index (χ0v) is 14.1. The summed E-state index contributed by atoms with van der Waals surface area (Å²) in [6.07, 6.45) is 1.59. The van der Waals surface area contributed by atoms with Gasteiger partial charge in [-0.25, -0.2) is 4.98 Å². The van der Waals surface area contributed by atoms with E-state index in [1.807, 2.05) is 7.05 Å². The SMILES string of the molecule is CNC(c1cc(C)cc(Br)c1)c1ncc(OC)nc1OC. The fraction of sp³-hybridized carbons (Fsp3) is 0.333. The Kier molecular flexibility index (Phi) is 5.14. The van der Waals surface area contributed by atoms with Crippen LogP contribution in [0.5, 0.6) is 11.8 Å². The van der Waals surface area contributed by atoms with E-state index in [1.54, 1.807) is 20.4 Å². The summed E-state index contributed by atoms with van der Waals surface area (Å²) in [5, 5.41) is 3.26. The molecule has 1 unspecified atom stereocenters. The number of ether oxygens (including phenoxy) is 2. The van der Waals surface area contributed by atoms with Gasteiger partial charge in [0.2, 0.25) is 11.8 Å². The molecule has 2 rings (SSSR count). The highest BCUT2D eigenvalue weighted by Gasteiger charge is 2.20. The van der Waals surface area contributed by atoms with Crippen molar-refractivity contribution in [2.75, 3.05) is 21.3 Å². The van der Waals surface area contributed by atoms with Crippen molar-refractivity contribution in [2.45, 2.75) is 13.0 Å². The van der Waals surface area contributed by atoms with Crippen LogP contribution in [0.3, 0.4) is 0 Å². The van der Waals surface area contributed by atoms with Crippen molar-refractivity contribution < 1.29 is 9.47 Å². The van der Waals surface area contributed by atoms with E-state index in [0.29, 0.717) is 11.8 Å². The van der Waals surface area contributed by atoms with Crippen molar-refractivity contribution in [1.29, 1.82) is 0 Å². The average molecular weight is 352 g/mol. The van der Waals surface area contributed by atoms with Crippen LogP contribution in [0, 0.1) is 6.92 Å². The topological polar surface area (TPSA) is 56.3 Å². The maximum absolute atomic E-state index is 5.35. The second kappa shape index (κ2) is 6.87. The number of methoxy groups -OCH3 is 2. The van der Waals surface area contributed by atoms with E-state index >= 15 is 0 Å². The lowest BCUT2D eigenvalue weighted by atomic mass is 10.0. The monoisotopic (exact) mass is 351 g/mol. The zero-order valence-electron chi connectivity index (χ0n) is 12.5. The Labute approximate surface area is 132 Å². The van der Waals surface area contributed by atoms with Gasteiger partial charge in [-0.15, -0.1) is 0 Å². The lowest BCUT2D eigenvalue weighted by Gasteiger charge is -2.19. The van der Waals surface area contributed by atoms with E-state index in [0.717, 1.165) is 15.7 Å². The maximum atomic E-state index is 5.35. The minimum atomic E-state index is -0.116. The van der Waals surface area contributed by atoms with Crippen LogP contribution in [0.4, 0.5) is 0 Å². The summed E-state index contributed by atoms with van der Waals surface area (Å²) in [5.41, 5.74) is 2.97. The van der Waals surface area contributed by atoms with Gasteiger partial charge in [-0.3, -0.25) is 0 Å². The molecule has 21 heavy (non-hydrogen) atoms. The zero-order chi connectivity index (χ0) is 15.4. The minimum absolute atomic E-state index is 0.116. The van der Waals surface area contributed by atoms with Gasteiger partial charge in [-0.05, 0) is 37.2 Å². The molecule has 6 heteroatoms. The Morgan fingerprint density at radius 3 is 2.52 bits per heavy atom. The van der Waals surface area contributed by atoms with E-state index < -0.39 is 0 Å². The molecule has 0 fully saturated rings. The predicted octanol–water partition coefficient (Wildman–Crippen LogP) is 2.87. The van der Waals surface area contributed by atoms with Crippen LogP contribution in [-0.2, 0) is 0 Å². The van der Waals surface area contributed by atoms with Gasteiger partial charge in [0.25, 0.3) is 0 Å². The lowest BCUT2D eigenvalue weighted by Crippen LogP contribution is -2.20. The normalized spacial score (nSPS) is 12.0. The summed E-state index contributed by atoms with van der Waals surface area (Å²) >= 11 is 3.53. The van der Waals surface area contributed by atoms with Crippen molar-refractivity contribution in [1.82, 2.24) is 15.3 Å². The molecule has 0 saturated carbocycles. The van der Waals surface area contributed by atoms with Gasteiger partial charge in [0.1, 0.15) is 5.69 Å². The molecule has 0 aliphatic heterocycles. The van der Waals surface area contributed by atoms with Crippen LogP contribution in [-0.4, -0.2) is 31.2 Å². The molecule has 0 radical (unpaired) electrons. The summed E-state index contributed by atoms with van der Waals surface area (Å²) in [6, 6.07) is 6.11. The number of halogens is 1.